The van der Waals surface area contributed by atoms with Crippen LogP contribution < -0.4 is 10.0 Å². The Morgan fingerprint density at radius 1 is 1.00 bits per heavy atom. The fraction of sp³-hybridized carbons (Fsp3) is 0.316. The van der Waals surface area contributed by atoms with E-state index in [2.05, 4.69) is 23.9 Å². The number of carbonyl (C=O) groups excluding carboxylic acids is 1. The SMILES string of the molecule is CCCNS(=O)(=O)c1ccc(C(=O)Nc2ccc(C(C)C)cc2)cc1. The third-order valence-electron chi connectivity index (χ3n) is 3.80. The molecule has 0 aliphatic carbocycles. The Hall–Kier alpha value is -2.18. The van der Waals surface area contributed by atoms with Gasteiger partial charge < -0.3 is 5.32 Å². The van der Waals surface area contributed by atoms with Crippen molar-refractivity contribution in [2.75, 3.05) is 11.9 Å². The standard InChI is InChI=1S/C19H24N2O3S/c1-4-13-20-25(23,24)18-11-7-16(8-12-18)19(22)21-17-9-5-15(6-10-17)14(2)3/h5-12,14,20H,4,13H2,1-3H3,(H,21,22). The number of hydrogen-bond donors (Lipinski definition) is 2. The minimum Gasteiger partial charge on any atom is -0.322 e. The van der Waals surface area contributed by atoms with Gasteiger partial charge in [-0.05, 0) is 54.3 Å². The largest absolute Gasteiger partial charge is 0.322 e. The molecule has 0 bridgehead atoms. The number of sulfonamides is 1. The molecule has 5 nitrogen and oxygen atoms in total. The van der Waals surface area contributed by atoms with Crippen molar-refractivity contribution >= 4 is 21.6 Å². The Kier molecular flexibility index (Phi) is 6.33. The fourth-order valence-corrected chi connectivity index (χ4v) is 3.39. The Morgan fingerprint density at radius 2 is 1.60 bits per heavy atom. The van der Waals surface area contributed by atoms with Gasteiger partial charge in [0.15, 0.2) is 0 Å². The zero-order chi connectivity index (χ0) is 18.4. The van der Waals surface area contributed by atoms with E-state index in [1.165, 1.54) is 29.8 Å². The summed E-state index contributed by atoms with van der Waals surface area (Å²) in [4.78, 5) is 12.4. The lowest BCUT2D eigenvalue weighted by atomic mass is 10.0. The number of hydrogen-bond acceptors (Lipinski definition) is 3. The van der Waals surface area contributed by atoms with E-state index in [0.29, 0.717) is 23.7 Å². The number of benzene rings is 2. The molecule has 0 saturated carbocycles. The van der Waals surface area contributed by atoms with Gasteiger partial charge in [0.05, 0.1) is 4.90 Å². The van der Waals surface area contributed by atoms with Gasteiger partial charge in [0.2, 0.25) is 10.0 Å². The molecule has 0 saturated heterocycles. The average Bonchev–Trinajstić information content (AvgIpc) is 2.60. The maximum atomic E-state index is 12.3. The van der Waals surface area contributed by atoms with Gasteiger partial charge in [-0.25, -0.2) is 13.1 Å². The van der Waals surface area contributed by atoms with Crippen LogP contribution in [0.15, 0.2) is 53.4 Å². The third kappa shape index (κ3) is 5.14. The van der Waals surface area contributed by atoms with Crippen molar-refractivity contribution < 1.29 is 13.2 Å². The van der Waals surface area contributed by atoms with Crippen molar-refractivity contribution in [2.45, 2.75) is 38.0 Å². The summed E-state index contributed by atoms with van der Waals surface area (Å²) in [5.74, 6) is 0.156. The lowest BCUT2D eigenvalue weighted by Gasteiger charge is -2.09. The molecule has 1 amide bonds. The van der Waals surface area contributed by atoms with Crippen LogP contribution in [-0.4, -0.2) is 20.9 Å². The number of anilines is 1. The second-order valence-electron chi connectivity index (χ2n) is 6.15. The van der Waals surface area contributed by atoms with Crippen LogP contribution in [0, 0.1) is 0 Å². The van der Waals surface area contributed by atoms with E-state index >= 15 is 0 Å². The Labute approximate surface area is 149 Å². The molecule has 0 heterocycles. The molecule has 0 fully saturated rings. The van der Waals surface area contributed by atoms with Crippen molar-refractivity contribution in [3.05, 3.63) is 59.7 Å². The first kappa shape index (κ1) is 19.1. The summed E-state index contributed by atoms with van der Waals surface area (Å²) in [6, 6.07) is 13.6. The fourth-order valence-electron chi connectivity index (χ4n) is 2.26. The molecule has 2 N–H and O–H groups in total. The molecule has 0 spiro atoms. The zero-order valence-electron chi connectivity index (χ0n) is 14.7. The maximum absolute atomic E-state index is 12.3. The van der Waals surface area contributed by atoms with Crippen LogP contribution in [0.4, 0.5) is 5.69 Å². The first-order valence-electron chi connectivity index (χ1n) is 8.34. The molecule has 2 aromatic carbocycles. The van der Waals surface area contributed by atoms with E-state index in [9.17, 15) is 13.2 Å². The first-order chi connectivity index (χ1) is 11.8. The van der Waals surface area contributed by atoms with Gasteiger partial charge in [-0.3, -0.25) is 4.79 Å². The molecule has 0 unspecified atom stereocenters. The summed E-state index contributed by atoms with van der Waals surface area (Å²) >= 11 is 0. The molecule has 0 radical (unpaired) electrons. The molecule has 0 aliphatic rings. The summed E-state index contributed by atoms with van der Waals surface area (Å²) in [5, 5.41) is 2.81. The highest BCUT2D eigenvalue weighted by molar-refractivity contribution is 7.89. The molecule has 0 aromatic heterocycles. The normalized spacial score (nSPS) is 11.5. The molecule has 25 heavy (non-hydrogen) atoms. The predicted molar refractivity (Wildman–Crippen MR) is 100 cm³/mol. The van der Waals surface area contributed by atoms with Crippen molar-refractivity contribution in [3.8, 4) is 0 Å². The Morgan fingerprint density at radius 3 is 2.12 bits per heavy atom. The van der Waals surface area contributed by atoms with Gasteiger partial charge >= 0.3 is 0 Å². The van der Waals surface area contributed by atoms with E-state index in [1.54, 1.807) is 0 Å². The highest BCUT2D eigenvalue weighted by Gasteiger charge is 2.14. The molecule has 0 atom stereocenters. The first-order valence-corrected chi connectivity index (χ1v) is 9.83. The monoisotopic (exact) mass is 360 g/mol. The Balaban J connectivity index is 2.07. The minimum absolute atomic E-state index is 0.152. The average molecular weight is 360 g/mol. The van der Waals surface area contributed by atoms with Crippen LogP contribution in [0.2, 0.25) is 0 Å². The summed E-state index contributed by atoms with van der Waals surface area (Å²) < 4.78 is 26.6. The van der Waals surface area contributed by atoms with E-state index < -0.39 is 10.0 Å². The molecule has 0 aliphatic heterocycles. The van der Waals surface area contributed by atoms with Crippen LogP contribution in [0.25, 0.3) is 0 Å². The highest BCUT2D eigenvalue weighted by Crippen LogP contribution is 2.18. The van der Waals surface area contributed by atoms with Gasteiger partial charge in [-0.1, -0.05) is 32.9 Å². The lowest BCUT2D eigenvalue weighted by Crippen LogP contribution is -2.24. The smallest absolute Gasteiger partial charge is 0.255 e. The van der Waals surface area contributed by atoms with E-state index in [0.717, 1.165) is 6.42 Å². The highest BCUT2D eigenvalue weighted by atomic mass is 32.2. The minimum atomic E-state index is -3.52. The number of rotatable bonds is 7. The van der Waals surface area contributed by atoms with Crippen LogP contribution in [0.3, 0.4) is 0 Å². The van der Waals surface area contributed by atoms with Gasteiger partial charge in [0.1, 0.15) is 0 Å². The summed E-state index contributed by atoms with van der Waals surface area (Å²) in [6.07, 6.45) is 0.718. The predicted octanol–water partition coefficient (Wildman–Crippen LogP) is 3.75. The van der Waals surface area contributed by atoms with Gasteiger partial charge in [-0.15, -0.1) is 0 Å². The lowest BCUT2D eigenvalue weighted by molar-refractivity contribution is 0.102. The molecule has 2 rings (SSSR count). The number of amides is 1. The molecule has 134 valence electrons. The number of nitrogens with one attached hydrogen (secondary N) is 2. The molecule has 2 aromatic rings. The Bertz CT molecular complexity index is 811. The summed E-state index contributed by atoms with van der Waals surface area (Å²) in [7, 11) is -3.52. The van der Waals surface area contributed by atoms with Crippen LogP contribution >= 0.6 is 0 Å². The van der Waals surface area contributed by atoms with Gasteiger partial charge in [0.25, 0.3) is 5.91 Å². The second-order valence-corrected chi connectivity index (χ2v) is 7.92. The van der Waals surface area contributed by atoms with Crippen molar-refractivity contribution in [3.63, 3.8) is 0 Å². The van der Waals surface area contributed by atoms with E-state index in [1.807, 2.05) is 31.2 Å². The second kappa shape index (κ2) is 8.27. The molecular weight excluding hydrogens is 336 g/mol. The van der Waals surface area contributed by atoms with Crippen LogP contribution in [-0.2, 0) is 10.0 Å². The molecular formula is C19H24N2O3S. The van der Waals surface area contributed by atoms with Gasteiger partial charge in [0, 0.05) is 17.8 Å². The number of carbonyl (C=O) groups is 1. The topological polar surface area (TPSA) is 75.3 Å². The van der Waals surface area contributed by atoms with Crippen molar-refractivity contribution in [1.29, 1.82) is 0 Å². The van der Waals surface area contributed by atoms with Crippen molar-refractivity contribution in [1.82, 2.24) is 4.72 Å². The summed E-state index contributed by atoms with van der Waals surface area (Å²) in [5.41, 5.74) is 2.31. The maximum Gasteiger partial charge on any atom is 0.255 e. The van der Waals surface area contributed by atoms with Crippen LogP contribution in [0.1, 0.15) is 49.0 Å². The quantitative estimate of drug-likeness (QED) is 0.789. The van der Waals surface area contributed by atoms with E-state index in [4.69, 9.17) is 0 Å². The summed E-state index contributed by atoms with van der Waals surface area (Å²) in [6.45, 7) is 6.50. The van der Waals surface area contributed by atoms with Crippen LogP contribution in [0.5, 0.6) is 0 Å². The zero-order valence-corrected chi connectivity index (χ0v) is 15.6. The van der Waals surface area contributed by atoms with Crippen molar-refractivity contribution in [2.24, 2.45) is 0 Å². The third-order valence-corrected chi connectivity index (χ3v) is 5.28. The van der Waals surface area contributed by atoms with Gasteiger partial charge in [-0.2, -0.15) is 0 Å². The van der Waals surface area contributed by atoms with E-state index in [-0.39, 0.29) is 10.8 Å². The molecule has 6 heteroatoms.